The average Bonchev–Trinajstić information content (AvgIpc) is 2.59. The van der Waals surface area contributed by atoms with E-state index in [1.807, 2.05) is 43.3 Å². The first kappa shape index (κ1) is 18.1. The molecule has 0 aliphatic carbocycles. The van der Waals surface area contributed by atoms with Gasteiger partial charge in [-0.3, -0.25) is 9.59 Å². The third-order valence-corrected chi connectivity index (χ3v) is 3.41. The molecule has 0 unspecified atom stereocenters. The number of benzene rings is 2. The number of nitrogens with one attached hydrogen (secondary N) is 2. The van der Waals surface area contributed by atoms with E-state index in [9.17, 15) is 9.59 Å². The second kappa shape index (κ2) is 8.55. The number of nitrogens with zero attached hydrogens (tertiary/aromatic N) is 1. The van der Waals surface area contributed by atoms with E-state index in [1.54, 1.807) is 24.3 Å². The fourth-order valence-electron chi connectivity index (χ4n) is 2.24. The minimum atomic E-state index is -0.204. The van der Waals surface area contributed by atoms with Crippen LogP contribution in [0.2, 0.25) is 0 Å². The second-order valence-electron chi connectivity index (χ2n) is 5.65. The summed E-state index contributed by atoms with van der Waals surface area (Å²) in [5, 5.41) is 5.42. The first-order chi connectivity index (χ1) is 12.0. The van der Waals surface area contributed by atoms with Gasteiger partial charge in [0.05, 0.1) is 12.2 Å². The van der Waals surface area contributed by atoms with Crippen molar-refractivity contribution in [3.8, 4) is 11.8 Å². The molecule has 0 spiro atoms. The highest BCUT2D eigenvalue weighted by Gasteiger charge is 2.04. The van der Waals surface area contributed by atoms with Crippen molar-refractivity contribution in [1.82, 2.24) is 5.32 Å². The predicted octanol–water partition coefficient (Wildman–Crippen LogP) is 2.49. The molecule has 2 aromatic carbocycles. The maximum Gasteiger partial charge on any atom is 0.252 e. The van der Waals surface area contributed by atoms with Crippen LogP contribution < -0.4 is 15.5 Å². The molecule has 0 aliphatic heterocycles. The van der Waals surface area contributed by atoms with Crippen molar-refractivity contribution < 1.29 is 9.59 Å². The smallest absolute Gasteiger partial charge is 0.252 e. The molecular weight excluding hydrogens is 314 g/mol. The van der Waals surface area contributed by atoms with Crippen molar-refractivity contribution in [3.63, 3.8) is 0 Å². The number of anilines is 2. The third-order valence-electron chi connectivity index (χ3n) is 3.41. The van der Waals surface area contributed by atoms with Crippen molar-refractivity contribution in [1.29, 1.82) is 0 Å². The lowest BCUT2D eigenvalue weighted by molar-refractivity contribution is -0.114. The molecule has 2 amide bonds. The topological polar surface area (TPSA) is 61.4 Å². The molecule has 0 radical (unpaired) electrons. The highest BCUT2D eigenvalue weighted by Crippen LogP contribution is 2.16. The van der Waals surface area contributed by atoms with Crippen molar-refractivity contribution in [2.75, 3.05) is 30.9 Å². The van der Waals surface area contributed by atoms with E-state index < -0.39 is 0 Å². The number of carbonyl (C=O) groups excluding carboxylic acids is 2. The van der Waals surface area contributed by atoms with Gasteiger partial charge in [0, 0.05) is 37.8 Å². The minimum absolute atomic E-state index is 0.148. The van der Waals surface area contributed by atoms with Gasteiger partial charge in [-0.15, -0.1) is 0 Å². The van der Waals surface area contributed by atoms with E-state index in [0.717, 1.165) is 11.3 Å². The number of rotatable bonds is 4. The summed E-state index contributed by atoms with van der Waals surface area (Å²) >= 11 is 0. The van der Waals surface area contributed by atoms with E-state index in [4.69, 9.17) is 0 Å². The summed E-state index contributed by atoms with van der Waals surface area (Å²) in [4.78, 5) is 25.1. The highest BCUT2D eigenvalue weighted by atomic mass is 16.2. The minimum Gasteiger partial charge on any atom is -0.377 e. The maximum atomic E-state index is 12.1. The van der Waals surface area contributed by atoms with Crippen LogP contribution in [0.1, 0.15) is 22.8 Å². The molecule has 0 heterocycles. The molecule has 0 bridgehead atoms. The van der Waals surface area contributed by atoms with Crippen molar-refractivity contribution in [2.45, 2.75) is 6.92 Å². The first-order valence-electron chi connectivity index (χ1n) is 7.88. The Balaban J connectivity index is 1.94. The summed E-state index contributed by atoms with van der Waals surface area (Å²) in [6, 6.07) is 14.6. The number of hydrogen-bond acceptors (Lipinski definition) is 3. The SMILES string of the molecule is CC(=O)Nc1ccc(C(=O)NCC#Cc2ccccc2N(C)C)cc1. The van der Waals surface area contributed by atoms with Gasteiger partial charge in [-0.1, -0.05) is 24.0 Å². The van der Waals surface area contributed by atoms with Gasteiger partial charge in [-0.25, -0.2) is 0 Å². The Kier molecular flexibility index (Phi) is 6.19. The molecule has 0 atom stereocenters. The molecule has 128 valence electrons. The molecule has 2 aromatic rings. The molecule has 0 saturated carbocycles. The average molecular weight is 335 g/mol. The fourth-order valence-corrected chi connectivity index (χ4v) is 2.24. The molecule has 5 nitrogen and oxygen atoms in total. The zero-order chi connectivity index (χ0) is 18.2. The second-order valence-corrected chi connectivity index (χ2v) is 5.65. The van der Waals surface area contributed by atoms with Crippen LogP contribution in [0.3, 0.4) is 0 Å². The van der Waals surface area contributed by atoms with E-state index in [2.05, 4.69) is 22.5 Å². The van der Waals surface area contributed by atoms with Crippen LogP contribution in [0.5, 0.6) is 0 Å². The number of para-hydroxylation sites is 1. The van der Waals surface area contributed by atoms with Crippen molar-refractivity contribution in [2.24, 2.45) is 0 Å². The third kappa shape index (κ3) is 5.40. The summed E-state index contributed by atoms with van der Waals surface area (Å²) in [6.07, 6.45) is 0. The molecule has 2 rings (SSSR count). The van der Waals surface area contributed by atoms with Gasteiger partial charge in [0.2, 0.25) is 5.91 Å². The van der Waals surface area contributed by atoms with Crippen LogP contribution in [0.4, 0.5) is 11.4 Å². The Morgan fingerprint density at radius 2 is 1.72 bits per heavy atom. The maximum absolute atomic E-state index is 12.1. The lowest BCUT2D eigenvalue weighted by Gasteiger charge is -2.13. The van der Waals surface area contributed by atoms with Crippen LogP contribution in [0.25, 0.3) is 0 Å². The highest BCUT2D eigenvalue weighted by molar-refractivity contribution is 5.95. The van der Waals surface area contributed by atoms with Crippen molar-refractivity contribution in [3.05, 3.63) is 59.7 Å². The zero-order valence-corrected chi connectivity index (χ0v) is 14.6. The zero-order valence-electron chi connectivity index (χ0n) is 14.6. The Morgan fingerprint density at radius 1 is 1.04 bits per heavy atom. The van der Waals surface area contributed by atoms with Crippen LogP contribution in [-0.2, 0) is 4.79 Å². The van der Waals surface area contributed by atoms with Gasteiger partial charge >= 0.3 is 0 Å². The molecule has 25 heavy (non-hydrogen) atoms. The monoisotopic (exact) mass is 335 g/mol. The summed E-state index contributed by atoms with van der Waals surface area (Å²) in [5.74, 6) is 5.70. The Bertz CT molecular complexity index is 815. The molecule has 2 N–H and O–H groups in total. The molecular formula is C20H21N3O2. The fraction of sp³-hybridized carbons (Fsp3) is 0.200. The molecule has 0 aromatic heterocycles. The summed E-state index contributed by atoms with van der Waals surface area (Å²) in [5.41, 5.74) is 3.13. The van der Waals surface area contributed by atoms with Gasteiger partial charge in [-0.2, -0.15) is 0 Å². The number of hydrogen-bond donors (Lipinski definition) is 2. The Hall–Kier alpha value is -3.26. The van der Waals surface area contributed by atoms with E-state index >= 15 is 0 Å². The van der Waals surface area contributed by atoms with Crippen LogP contribution in [0, 0.1) is 11.8 Å². The van der Waals surface area contributed by atoms with E-state index in [-0.39, 0.29) is 18.4 Å². The first-order valence-corrected chi connectivity index (χ1v) is 7.88. The lowest BCUT2D eigenvalue weighted by atomic mass is 10.1. The molecule has 5 heteroatoms. The van der Waals surface area contributed by atoms with Crippen molar-refractivity contribution >= 4 is 23.2 Å². The van der Waals surface area contributed by atoms with Gasteiger partial charge in [0.1, 0.15) is 0 Å². The van der Waals surface area contributed by atoms with Gasteiger partial charge in [0.15, 0.2) is 0 Å². The van der Waals surface area contributed by atoms with Gasteiger partial charge in [-0.05, 0) is 36.4 Å². The van der Waals surface area contributed by atoms with Gasteiger partial charge in [0.25, 0.3) is 5.91 Å². The van der Waals surface area contributed by atoms with Crippen LogP contribution in [-0.4, -0.2) is 32.5 Å². The Labute approximate surface area is 148 Å². The number of carbonyl (C=O) groups is 2. The summed E-state index contributed by atoms with van der Waals surface area (Å²) < 4.78 is 0. The normalized spacial score (nSPS) is 9.56. The standard InChI is InChI=1S/C20H21N3O2/c1-15(24)22-18-12-10-17(11-13-18)20(25)21-14-6-8-16-7-4-5-9-19(16)23(2)3/h4-5,7,9-13H,14H2,1-3H3,(H,21,25)(H,22,24). The van der Waals surface area contributed by atoms with Gasteiger partial charge < -0.3 is 15.5 Å². The van der Waals surface area contributed by atoms with Crippen LogP contribution >= 0.6 is 0 Å². The largest absolute Gasteiger partial charge is 0.377 e. The quantitative estimate of drug-likeness (QED) is 0.844. The predicted molar refractivity (Wildman–Crippen MR) is 101 cm³/mol. The Morgan fingerprint density at radius 3 is 2.36 bits per heavy atom. The lowest BCUT2D eigenvalue weighted by Crippen LogP contribution is -2.23. The van der Waals surface area contributed by atoms with E-state index in [1.165, 1.54) is 6.92 Å². The number of amides is 2. The molecule has 0 fully saturated rings. The summed E-state index contributed by atoms with van der Waals surface area (Å²) in [6.45, 7) is 1.70. The van der Waals surface area contributed by atoms with Crippen LogP contribution in [0.15, 0.2) is 48.5 Å². The molecule has 0 saturated heterocycles. The van der Waals surface area contributed by atoms with E-state index in [0.29, 0.717) is 11.3 Å². The molecule has 0 aliphatic rings. The summed E-state index contributed by atoms with van der Waals surface area (Å²) in [7, 11) is 3.93.